The molecule has 0 spiro atoms. The van der Waals surface area contributed by atoms with Gasteiger partial charge >= 0.3 is 0 Å². The average molecular weight is 241 g/mol. The lowest BCUT2D eigenvalue weighted by Crippen LogP contribution is -2.01. The fraction of sp³-hybridized carbons (Fsp3) is 0.154. The van der Waals surface area contributed by atoms with Gasteiger partial charge in [0, 0.05) is 18.5 Å². The summed E-state index contributed by atoms with van der Waals surface area (Å²) >= 11 is 0. The highest BCUT2D eigenvalue weighted by molar-refractivity contribution is 5.46. The van der Waals surface area contributed by atoms with Gasteiger partial charge in [0.05, 0.1) is 18.7 Å². The molecule has 0 unspecified atom stereocenters. The molecule has 1 aromatic carbocycles. The first-order valence-corrected chi connectivity index (χ1v) is 5.30. The summed E-state index contributed by atoms with van der Waals surface area (Å²) in [4.78, 5) is 8.11. The Morgan fingerprint density at radius 1 is 1.22 bits per heavy atom. The van der Waals surface area contributed by atoms with Gasteiger partial charge in [0.1, 0.15) is 6.61 Å². The topological polar surface area (TPSA) is 68.0 Å². The first-order chi connectivity index (χ1) is 8.83. The van der Waals surface area contributed by atoms with E-state index in [4.69, 9.17) is 14.7 Å². The molecule has 5 heteroatoms. The zero-order valence-electron chi connectivity index (χ0n) is 9.83. The fourth-order valence-electron chi connectivity index (χ4n) is 1.40. The summed E-state index contributed by atoms with van der Waals surface area (Å²) in [5.41, 5.74) is 0.523. The van der Waals surface area contributed by atoms with Gasteiger partial charge in [0.25, 0.3) is 0 Å². The van der Waals surface area contributed by atoms with Crippen molar-refractivity contribution in [3.63, 3.8) is 0 Å². The number of hydrogen-bond donors (Lipinski definition) is 0. The van der Waals surface area contributed by atoms with Crippen LogP contribution < -0.4 is 9.47 Å². The van der Waals surface area contributed by atoms with Crippen molar-refractivity contribution in [3.05, 3.63) is 48.0 Å². The molecule has 0 saturated carbocycles. The molecule has 1 heterocycles. The summed E-state index contributed by atoms with van der Waals surface area (Å²) in [7, 11) is 1.53. The monoisotopic (exact) mass is 241 g/mol. The summed E-state index contributed by atoms with van der Waals surface area (Å²) in [6.07, 6.45) is 3.31. The van der Waals surface area contributed by atoms with Gasteiger partial charge in [-0.3, -0.25) is 0 Å². The van der Waals surface area contributed by atoms with Crippen molar-refractivity contribution in [1.29, 1.82) is 5.26 Å². The number of hydrogen-bond acceptors (Lipinski definition) is 5. The van der Waals surface area contributed by atoms with Crippen molar-refractivity contribution in [1.82, 2.24) is 9.97 Å². The standard InChI is InChI=1S/C13H11N3O2/c1-17-12-7-10(8-14)3-4-11(12)18-9-13-15-5-2-6-16-13/h2-7H,9H2,1H3. The number of nitrogens with zero attached hydrogens (tertiary/aromatic N) is 3. The van der Waals surface area contributed by atoms with Gasteiger partial charge in [-0.25, -0.2) is 9.97 Å². The van der Waals surface area contributed by atoms with E-state index in [9.17, 15) is 0 Å². The number of aromatic nitrogens is 2. The van der Waals surface area contributed by atoms with Crippen LogP contribution in [0.3, 0.4) is 0 Å². The summed E-state index contributed by atoms with van der Waals surface area (Å²) in [6, 6.07) is 8.78. The molecule has 0 N–H and O–H groups in total. The van der Waals surface area contributed by atoms with E-state index in [1.807, 2.05) is 6.07 Å². The third-order valence-corrected chi connectivity index (χ3v) is 2.27. The molecule has 2 aromatic rings. The van der Waals surface area contributed by atoms with E-state index >= 15 is 0 Å². The van der Waals surface area contributed by atoms with Crippen LogP contribution >= 0.6 is 0 Å². The molecular weight excluding hydrogens is 230 g/mol. The Hall–Kier alpha value is -2.61. The SMILES string of the molecule is COc1cc(C#N)ccc1OCc1ncccn1. The Kier molecular flexibility index (Phi) is 3.72. The molecule has 90 valence electrons. The summed E-state index contributed by atoms with van der Waals surface area (Å²) in [5, 5.41) is 8.79. The molecular formula is C13H11N3O2. The third-order valence-electron chi connectivity index (χ3n) is 2.27. The second-order valence-corrected chi connectivity index (χ2v) is 3.43. The summed E-state index contributed by atoms with van der Waals surface area (Å²) in [6.45, 7) is 0.253. The first kappa shape index (κ1) is 11.9. The zero-order chi connectivity index (χ0) is 12.8. The van der Waals surface area contributed by atoms with Crippen molar-refractivity contribution in [2.75, 3.05) is 7.11 Å². The smallest absolute Gasteiger partial charge is 0.166 e. The van der Waals surface area contributed by atoms with Gasteiger partial charge in [0.2, 0.25) is 0 Å². The summed E-state index contributed by atoms with van der Waals surface area (Å²) in [5.74, 6) is 1.66. The molecule has 0 fully saturated rings. The van der Waals surface area contributed by atoms with Crippen LogP contribution in [0.1, 0.15) is 11.4 Å². The van der Waals surface area contributed by atoms with E-state index in [0.717, 1.165) is 0 Å². The third kappa shape index (κ3) is 2.74. The van der Waals surface area contributed by atoms with Crippen LogP contribution in [-0.4, -0.2) is 17.1 Å². The highest BCUT2D eigenvalue weighted by atomic mass is 16.5. The minimum Gasteiger partial charge on any atom is -0.493 e. The molecule has 0 bridgehead atoms. The molecule has 0 aliphatic rings. The number of rotatable bonds is 4. The Bertz CT molecular complexity index is 564. The van der Waals surface area contributed by atoms with Gasteiger partial charge in [-0.05, 0) is 18.2 Å². The lowest BCUT2D eigenvalue weighted by atomic mass is 10.2. The largest absolute Gasteiger partial charge is 0.493 e. The number of ether oxygens (including phenoxy) is 2. The van der Waals surface area contributed by atoms with Crippen LogP contribution in [0.25, 0.3) is 0 Å². The molecule has 0 amide bonds. The molecule has 18 heavy (non-hydrogen) atoms. The molecule has 0 aliphatic heterocycles. The normalized spacial score (nSPS) is 9.56. The van der Waals surface area contributed by atoms with Crippen molar-refractivity contribution in [2.45, 2.75) is 6.61 Å². The average Bonchev–Trinajstić information content (AvgIpc) is 2.46. The second-order valence-electron chi connectivity index (χ2n) is 3.43. The van der Waals surface area contributed by atoms with Gasteiger partial charge < -0.3 is 9.47 Å². The maximum Gasteiger partial charge on any atom is 0.166 e. The fourth-order valence-corrected chi connectivity index (χ4v) is 1.40. The minimum absolute atomic E-state index is 0.253. The molecule has 1 aromatic heterocycles. The van der Waals surface area contributed by atoms with Crippen LogP contribution in [0.15, 0.2) is 36.7 Å². The number of methoxy groups -OCH3 is 1. The van der Waals surface area contributed by atoms with E-state index in [1.54, 1.807) is 36.7 Å². The van der Waals surface area contributed by atoms with Gasteiger partial charge in [-0.1, -0.05) is 0 Å². The van der Waals surface area contributed by atoms with Crippen molar-refractivity contribution < 1.29 is 9.47 Å². The quantitative estimate of drug-likeness (QED) is 0.818. The molecule has 0 saturated heterocycles. The van der Waals surface area contributed by atoms with E-state index in [1.165, 1.54) is 7.11 Å². The van der Waals surface area contributed by atoms with Crippen molar-refractivity contribution >= 4 is 0 Å². The second kappa shape index (κ2) is 5.64. The van der Waals surface area contributed by atoms with Crippen LogP contribution in [0, 0.1) is 11.3 Å². The molecule has 0 radical (unpaired) electrons. The van der Waals surface area contributed by atoms with E-state index < -0.39 is 0 Å². The molecule has 0 aliphatic carbocycles. The highest BCUT2D eigenvalue weighted by Crippen LogP contribution is 2.28. The Morgan fingerprint density at radius 3 is 2.67 bits per heavy atom. The summed E-state index contributed by atoms with van der Waals surface area (Å²) < 4.78 is 10.7. The van der Waals surface area contributed by atoms with Gasteiger partial charge in [-0.2, -0.15) is 5.26 Å². The zero-order valence-corrected chi connectivity index (χ0v) is 9.83. The van der Waals surface area contributed by atoms with Crippen LogP contribution in [0.2, 0.25) is 0 Å². The maximum atomic E-state index is 8.79. The predicted octanol–water partition coefficient (Wildman–Crippen LogP) is 1.94. The van der Waals surface area contributed by atoms with E-state index in [0.29, 0.717) is 22.9 Å². The molecule has 0 atom stereocenters. The minimum atomic E-state index is 0.253. The molecule has 2 rings (SSSR count). The van der Waals surface area contributed by atoms with Crippen LogP contribution in [-0.2, 0) is 6.61 Å². The van der Waals surface area contributed by atoms with Crippen LogP contribution in [0.5, 0.6) is 11.5 Å². The van der Waals surface area contributed by atoms with Crippen molar-refractivity contribution in [3.8, 4) is 17.6 Å². The van der Waals surface area contributed by atoms with Crippen molar-refractivity contribution in [2.24, 2.45) is 0 Å². The van der Waals surface area contributed by atoms with E-state index in [-0.39, 0.29) is 6.61 Å². The predicted molar refractivity (Wildman–Crippen MR) is 64.1 cm³/mol. The van der Waals surface area contributed by atoms with Crippen LogP contribution in [0.4, 0.5) is 0 Å². The lowest BCUT2D eigenvalue weighted by molar-refractivity contribution is 0.276. The Labute approximate surface area is 105 Å². The first-order valence-electron chi connectivity index (χ1n) is 5.30. The van der Waals surface area contributed by atoms with E-state index in [2.05, 4.69) is 9.97 Å². The lowest BCUT2D eigenvalue weighted by Gasteiger charge is -2.09. The number of nitriles is 1. The maximum absolute atomic E-state index is 8.79. The van der Waals surface area contributed by atoms with Gasteiger partial charge in [-0.15, -0.1) is 0 Å². The van der Waals surface area contributed by atoms with Gasteiger partial charge in [0.15, 0.2) is 17.3 Å². The molecule has 5 nitrogen and oxygen atoms in total. The Balaban J connectivity index is 2.12. The Morgan fingerprint density at radius 2 is 2.00 bits per heavy atom. The highest BCUT2D eigenvalue weighted by Gasteiger charge is 2.06. The number of benzene rings is 1.